The number of aromatic nitrogens is 4. The van der Waals surface area contributed by atoms with Gasteiger partial charge in [-0.05, 0) is 120 Å². The predicted octanol–water partition coefficient (Wildman–Crippen LogP) is 12.3. The van der Waals surface area contributed by atoms with Gasteiger partial charge in [-0.3, -0.25) is 29.5 Å². The van der Waals surface area contributed by atoms with Crippen molar-refractivity contribution in [1.29, 1.82) is 0 Å². The summed E-state index contributed by atoms with van der Waals surface area (Å²) < 4.78 is 95.5. The number of hydrogen-bond donors (Lipinski definition) is 3. The van der Waals surface area contributed by atoms with Crippen molar-refractivity contribution in [2.75, 3.05) is 39.5 Å². The fraction of sp³-hybridized carbons (Fsp3) is 0.475. The number of benzene rings is 2. The summed E-state index contributed by atoms with van der Waals surface area (Å²) in [6, 6.07) is 8.93. The Morgan fingerprint density at radius 1 is 0.839 bits per heavy atom. The lowest BCUT2D eigenvalue weighted by atomic mass is 9.84. The molecular weight excluding hydrogens is 1210 g/mol. The number of carbonyl (C=O) groups excluding carboxylic acids is 2. The Morgan fingerprint density at radius 3 is 1.82 bits per heavy atom. The van der Waals surface area contributed by atoms with Crippen LogP contribution in [0.15, 0.2) is 71.2 Å². The Labute approximate surface area is 516 Å². The van der Waals surface area contributed by atoms with Crippen molar-refractivity contribution in [3.63, 3.8) is 0 Å². The van der Waals surface area contributed by atoms with Gasteiger partial charge in [-0.1, -0.05) is 68.4 Å². The van der Waals surface area contributed by atoms with Crippen LogP contribution in [0.4, 0.5) is 42.8 Å². The number of carboxylic acid groups (broad SMARTS) is 1. The standard InChI is InChI=1S/C31H37F2N5O5SSi.C24H21F3N6OS.C4H8FN.ClH/c1-29(2,3)43-28(41)38(18-42-11-12-45(6,7)8)27-37-30(4,24-15-31(24,44-27)26(39)40)20-13-19(9-10-21(20)32)14-22(33)23-16-36-25(34-5)17-35-23;1-23(19-9-24(19,35-22(28)32-23)21(34)33-6-5-14(25)12-33)15-7-13(3-4-16(15)26)8-17(27)18-10-31-20(29-2)11-30-18;5-4-1-2-6-3-4;/h9-10,13-14,16-17,24H,11-12,15,18H2,1-4,6-8H3,(H,39,40);3-4,7-8,10-11,14,19H,5-6,9,12H2,1H3,(H2,28,32);4,6H,1-3H2;1H/b22-14-;17-8-;;/t24-,30+,31-;14-,19+,23-,24+;4-;/m010./s1. The first-order valence-electron chi connectivity index (χ1n) is 27.6. The average Bonchev–Trinajstić information content (AvgIpc) is 1.54. The van der Waals surface area contributed by atoms with Gasteiger partial charge < -0.3 is 40.2 Å². The fourth-order valence-corrected chi connectivity index (χ4v) is 14.2. The van der Waals surface area contributed by atoms with E-state index in [-0.39, 0.29) is 94.0 Å². The second-order valence-corrected chi connectivity index (χ2v) is 32.4. The van der Waals surface area contributed by atoms with Crippen LogP contribution in [0, 0.1) is 36.6 Å². The molecule has 2 aliphatic carbocycles. The van der Waals surface area contributed by atoms with Crippen LogP contribution in [-0.4, -0.2) is 138 Å². The number of carbonyl (C=O) groups is 3. The SMILES string of the molecule is Cl.F[C@H]1CCNC1.[C-]#[N+]c1cnc(/C(F)=C/c2ccc(F)c([C@@]3(C)N=C(N(COCC[Si](C)(C)C)C(=O)OC(C)(C)C)S[C@@]4(C(=O)O)C[C@H]43)c2)cn1.[C-]#[N+]c1cnc(/C(F)=C/c2ccc(F)c([C@@]3(C)N=C(N)S[C@@]4(C(=O)N5CC[C@@H](F)C5)C[C@H]43)c2)cn1. The molecule has 8 atom stereocenters. The maximum atomic E-state index is 15.6. The topological polar surface area (TPSA) is 219 Å². The van der Waals surface area contributed by atoms with E-state index in [0.29, 0.717) is 44.5 Å². The average molecular weight is 1280 g/mol. The first-order valence-corrected chi connectivity index (χ1v) is 33.0. The van der Waals surface area contributed by atoms with E-state index in [1.54, 1.807) is 34.6 Å². The third-order valence-electron chi connectivity index (χ3n) is 15.3. The third kappa shape index (κ3) is 15.5. The molecule has 0 radical (unpaired) electrons. The molecular formula is C59H67ClF6N12O6S2Si. The van der Waals surface area contributed by atoms with E-state index in [2.05, 4.69) is 59.6 Å². The van der Waals surface area contributed by atoms with Crippen LogP contribution in [0.1, 0.15) is 93.9 Å². The number of amides is 2. The van der Waals surface area contributed by atoms with Crippen molar-refractivity contribution in [2.45, 2.75) is 125 Å². The molecule has 6 aliphatic rings. The maximum Gasteiger partial charge on any atom is 0.418 e. The highest BCUT2D eigenvalue weighted by Gasteiger charge is 2.73. The summed E-state index contributed by atoms with van der Waals surface area (Å²) in [5.74, 6) is -4.87. The number of likely N-dealkylation sites (tertiary alicyclic amines) is 1. The van der Waals surface area contributed by atoms with Crippen LogP contribution in [0.25, 0.3) is 33.5 Å². The smallest absolute Gasteiger partial charge is 0.418 e. The second-order valence-electron chi connectivity index (χ2n) is 24.1. The molecule has 464 valence electrons. The van der Waals surface area contributed by atoms with Crippen molar-refractivity contribution in [2.24, 2.45) is 27.6 Å². The summed E-state index contributed by atoms with van der Waals surface area (Å²) in [5, 5.41) is 13.4. The van der Waals surface area contributed by atoms with Crippen molar-refractivity contribution < 1.29 is 55.3 Å². The van der Waals surface area contributed by atoms with Gasteiger partial charge in [-0.2, -0.15) is 0 Å². The van der Waals surface area contributed by atoms with Crippen molar-refractivity contribution in [3.8, 4) is 0 Å². The number of rotatable bonds is 13. The highest BCUT2D eigenvalue weighted by atomic mass is 35.5. The molecule has 10 rings (SSSR count). The molecule has 0 unspecified atom stereocenters. The molecule has 87 heavy (non-hydrogen) atoms. The van der Waals surface area contributed by atoms with Gasteiger partial charge in [-0.25, -0.2) is 36.0 Å². The molecule has 4 aliphatic heterocycles. The third-order valence-corrected chi connectivity index (χ3v) is 19.7. The minimum absolute atomic E-state index is 0. The number of aliphatic carboxylic acids is 1. The number of nitrogens with zero attached hydrogens (tertiary/aromatic N) is 10. The van der Waals surface area contributed by atoms with E-state index in [9.17, 15) is 32.7 Å². The van der Waals surface area contributed by atoms with Crippen molar-refractivity contribution in [1.82, 2.24) is 35.1 Å². The van der Waals surface area contributed by atoms with Gasteiger partial charge in [0.25, 0.3) is 11.6 Å². The van der Waals surface area contributed by atoms with Crippen molar-refractivity contribution in [3.05, 3.63) is 129 Å². The first kappa shape index (κ1) is 67.6. The number of amidine groups is 2. The van der Waals surface area contributed by atoms with E-state index in [1.807, 2.05) is 0 Å². The van der Waals surface area contributed by atoms with Crippen LogP contribution in [0.3, 0.4) is 0 Å². The zero-order valence-electron chi connectivity index (χ0n) is 49.0. The van der Waals surface area contributed by atoms with Crippen LogP contribution >= 0.6 is 35.9 Å². The molecule has 2 saturated heterocycles. The summed E-state index contributed by atoms with van der Waals surface area (Å²) in [5.41, 5.74) is 3.39. The molecule has 2 saturated carbocycles. The minimum Gasteiger partial charge on any atom is -0.480 e. The normalized spacial score (nSPS) is 26.3. The molecule has 18 nitrogen and oxygen atoms in total. The fourth-order valence-electron chi connectivity index (χ4n) is 10.5. The van der Waals surface area contributed by atoms with Crippen molar-refractivity contribution >= 4 is 108 Å². The number of aliphatic imine (C=N–C) groups is 2. The number of nitrogens with one attached hydrogen (secondary N) is 1. The Kier molecular flexibility index (Phi) is 20.9. The highest BCUT2D eigenvalue weighted by molar-refractivity contribution is 8.16. The van der Waals surface area contributed by atoms with Crippen LogP contribution in [0.2, 0.25) is 25.7 Å². The number of hydrogen-bond acceptors (Lipinski definition) is 15. The summed E-state index contributed by atoms with van der Waals surface area (Å²) in [7, 11) is -1.45. The molecule has 28 heteroatoms. The number of fused-ring (bicyclic) bond motifs is 2. The lowest BCUT2D eigenvalue weighted by Gasteiger charge is -2.37. The predicted molar refractivity (Wildman–Crippen MR) is 328 cm³/mol. The number of ether oxygens (including phenoxy) is 2. The summed E-state index contributed by atoms with van der Waals surface area (Å²) >= 11 is 2.09. The second kappa shape index (κ2) is 26.8. The van der Waals surface area contributed by atoms with Gasteiger partial charge >= 0.3 is 12.1 Å². The Balaban J connectivity index is 0.000000229. The van der Waals surface area contributed by atoms with Crippen LogP contribution in [-0.2, 0) is 30.1 Å². The summed E-state index contributed by atoms with van der Waals surface area (Å²) in [6.45, 7) is 30.9. The van der Waals surface area contributed by atoms with E-state index >= 15 is 13.2 Å². The lowest BCUT2D eigenvalue weighted by molar-refractivity contribution is -0.137. The van der Waals surface area contributed by atoms with Gasteiger partial charge in [0.2, 0.25) is 5.91 Å². The van der Waals surface area contributed by atoms with E-state index < -0.39 is 87.9 Å². The highest BCUT2D eigenvalue weighted by Crippen LogP contribution is 2.68. The van der Waals surface area contributed by atoms with E-state index in [4.69, 9.17) is 33.3 Å². The number of halogens is 7. The van der Waals surface area contributed by atoms with Gasteiger partial charge in [0, 0.05) is 50.7 Å². The molecule has 6 heterocycles. The largest absolute Gasteiger partial charge is 0.480 e. The Morgan fingerprint density at radius 2 is 1.38 bits per heavy atom. The molecule has 2 aromatic carbocycles. The maximum absolute atomic E-state index is 15.6. The summed E-state index contributed by atoms with van der Waals surface area (Å²) in [4.78, 5) is 73.2. The van der Waals surface area contributed by atoms with E-state index in [1.165, 1.54) is 58.5 Å². The van der Waals surface area contributed by atoms with Gasteiger partial charge in [0.05, 0.1) is 30.0 Å². The molecule has 0 bridgehead atoms. The molecule has 4 aromatic rings. The monoisotopic (exact) mass is 1280 g/mol. The van der Waals surface area contributed by atoms with Gasteiger partial charge in [-0.15, -0.1) is 22.4 Å². The number of nitrogens with two attached hydrogens (primary N) is 1. The van der Waals surface area contributed by atoms with Gasteiger partial charge in [0.1, 0.15) is 69.6 Å². The van der Waals surface area contributed by atoms with Crippen LogP contribution < -0.4 is 11.1 Å². The molecule has 4 fully saturated rings. The lowest BCUT2D eigenvalue weighted by Crippen LogP contribution is -2.47. The first-order chi connectivity index (χ1) is 40.4. The zero-order chi connectivity index (χ0) is 62.7. The van der Waals surface area contributed by atoms with E-state index in [0.717, 1.165) is 60.8 Å². The molecule has 0 spiro atoms. The minimum atomic E-state index is -1.45. The number of carboxylic acids is 1. The number of thioether (sulfide) groups is 2. The summed E-state index contributed by atoms with van der Waals surface area (Å²) in [6.07, 6.45) is 6.16. The zero-order valence-corrected chi connectivity index (χ0v) is 52.5. The Bertz CT molecular complexity index is 3470. The Hall–Kier alpha value is -6.88. The molecule has 4 N–H and O–H groups in total. The quantitative estimate of drug-likeness (QED) is 0.0373. The van der Waals surface area contributed by atoms with Crippen LogP contribution in [0.5, 0.6) is 0 Å². The molecule has 2 amide bonds. The molecule has 2 aromatic heterocycles. The van der Waals surface area contributed by atoms with Gasteiger partial charge in [0.15, 0.2) is 22.0 Å². The number of alkyl halides is 2.